The first-order valence-corrected chi connectivity index (χ1v) is 14.3. The SMILES string of the molecule is Cc1cc(COc2ccc(F)cc2Cl)c(C)c(C2C(C#N)=C(N)N(c3ccc(C(F)(F)F)cc3)C3=C2C(=O)CC(C)(C)C3)c1. The van der Waals surface area contributed by atoms with Crippen LogP contribution in [0.15, 0.2) is 77.3 Å². The number of ketones is 1. The zero-order valence-corrected chi connectivity index (χ0v) is 25.3. The van der Waals surface area contributed by atoms with Crippen LogP contribution in [0.5, 0.6) is 5.75 Å². The molecule has 1 heterocycles. The number of allylic oxidation sites excluding steroid dienone is 3. The van der Waals surface area contributed by atoms with Crippen LogP contribution in [0, 0.1) is 36.4 Å². The number of rotatable bonds is 5. The number of anilines is 1. The second-order valence-electron chi connectivity index (χ2n) is 12.0. The van der Waals surface area contributed by atoms with Gasteiger partial charge in [-0.2, -0.15) is 18.4 Å². The van der Waals surface area contributed by atoms with Crippen LogP contribution in [-0.2, 0) is 17.6 Å². The number of hydrogen-bond acceptors (Lipinski definition) is 5. The quantitative estimate of drug-likeness (QED) is 0.288. The van der Waals surface area contributed by atoms with Gasteiger partial charge >= 0.3 is 6.18 Å². The van der Waals surface area contributed by atoms with E-state index in [2.05, 4.69) is 6.07 Å². The van der Waals surface area contributed by atoms with E-state index in [0.29, 0.717) is 34.7 Å². The molecule has 3 aromatic carbocycles. The van der Waals surface area contributed by atoms with E-state index in [0.717, 1.165) is 34.9 Å². The summed E-state index contributed by atoms with van der Waals surface area (Å²) in [5.41, 5.74) is 9.91. The minimum atomic E-state index is -4.52. The van der Waals surface area contributed by atoms with Gasteiger partial charge < -0.3 is 10.5 Å². The molecule has 1 aliphatic carbocycles. The largest absolute Gasteiger partial charge is 0.487 e. The van der Waals surface area contributed by atoms with E-state index in [1.165, 1.54) is 24.3 Å². The Morgan fingerprint density at radius 1 is 1.09 bits per heavy atom. The number of benzene rings is 3. The average molecular weight is 624 g/mol. The number of ether oxygens (including phenoxy) is 1. The molecule has 0 spiro atoms. The molecule has 1 atom stereocenters. The predicted octanol–water partition coefficient (Wildman–Crippen LogP) is 8.63. The lowest BCUT2D eigenvalue weighted by Gasteiger charge is -2.44. The predicted molar refractivity (Wildman–Crippen MR) is 160 cm³/mol. The smallest absolute Gasteiger partial charge is 0.416 e. The highest BCUT2D eigenvalue weighted by atomic mass is 35.5. The zero-order chi connectivity index (χ0) is 32.1. The summed E-state index contributed by atoms with van der Waals surface area (Å²) in [6.07, 6.45) is -3.88. The van der Waals surface area contributed by atoms with Crippen molar-refractivity contribution in [2.75, 3.05) is 4.90 Å². The van der Waals surface area contributed by atoms with Crippen molar-refractivity contribution in [1.29, 1.82) is 5.26 Å². The molecule has 228 valence electrons. The second kappa shape index (κ2) is 11.3. The highest BCUT2D eigenvalue weighted by molar-refractivity contribution is 6.32. The highest BCUT2D eigenvalue weighted by Gasteiger charge is 2.45. The summed E-state index contributed by atoms with van der Waals surface area (Å²) in [6, 6.07) is 14.4. The Balaban J connectivity index is 1.65. The first-order chi connectivity index (χ1) is 20.6. The number of carbonyl (C=O) groups excluding carboxylic acids is 1. The molecule has 0 saturated heterocycles. The lowest BCUT2D eigenvalue weighted by molar-refractivity contribution is -0.137. The number of halogens is 5. The van der Waals surface area contributed by atoms with Crippen LogP contribution in [0.2, 0.25) is 5.02 Å². The van der Waals surface area contributed by atoms with Crippen LogP contribution in [-0.4, -0.2) is 5.78 Å². The van der Waals surface area contributed by atoms with Gasteiger partial charge in [-0.15, -0.1) is 0 Å². The summed E-state index contributed by atoms with van der Waals surface area (Å²) >= 11 is 6.16. The third-order valence-electron chi connectivity index (χ3n) is 8.12. The van der Waals surface area contributed by atoms with Crippen molar-refractivity contribution in [2.45, 2.75) is 59.2 Å². The topological polar surface area (TPSA) is 79.3 Å². The number of Topliss-reactive ketones (excluding diaryl/α,β-unsaturated/α-hetero) is 1. The molecular formula is C34H30ClF4N3O2. The van der Waals surface area contributed by atoms with Crippen LogP contribution < -0.4 is 15.4 Å². The number of nitrogens with zero attached hydrogens (tertiary/aromatic N) is 2. The van der Waals surface area contributed by atoms with Gasteiger partial charge in [-0.05, 0) is 84.8 Å². The number of nitriles is 1. The van der Waals surface area contributed by atoms with Crippen molar-refractivity contribution in [3.05, 3.63) is 116 Å². The fraction of sp³-hybridized carbons (Fsp3) is 0.294. The molecule has 10 heteroatoms. The number of hydrogen-bond donors (Lipinski definition) is 1. The summed E-state index contributed by atoms with van der Waals surface area (Å²) in [5, 5.41) is 10.6. The monoisotopic (exact) mass is 623 g/mol. The van der Waals surface area contributed by atoms with E-state index in [4.69, 9.17) is 22.1 Å². The summed E-state index contributed by atoms with van der Waals surface area (Å²) in [4.78, 5) is 15.5. The Hall–Kier alpha value is -4.29. The van der Waals surface area contributed by atoms with Crippen LogP contribution >= 0.6 is 11.6 Å². The van der Waals surface area contributed by atoms with E-state index in [1.54, 1.807) is 4.90 Å². The van der Waals surface area contributed by atoms with Crippen molar-refractivity contribution in [3.63, 3.8) is 0 Å². The Morgan fingerprint density at radius 3 is 2.39 bits per heavy atom. The van der Waals surface area contributed by atoms with Gasteiger partial charge in [0.15, 0.2) is 5.78 Å². The van der Waals surface area contributed by atoms with Crippen molar-refractivity contribution < 1.29 is 27.1 Å². The molecule has 5 nitrogen and oxygen atoms in total. The van der Waals surface area contributed by atoms with Gasteiger partial charge in [-0.1, -0.05) is 43.1 Å². The molecular weight excluding hydrogens is 594 g/mol. The molecule has 0 radical (unpaired) electrons. The standard InChI is InChI=1S/C34H30ClF4N3O2/c1-18-11-20(17-44-29-10-7-22(36)13-26(29)35)19(2)24(12-18)30-25(16-40)32(41)42(23-8-5-21(6-9-23)34(37,38)39)27-14-33(3,4)15-28(43)31(27)30/h5-13,30H,14-15,17,41H2,1-4H3. The summed E-state index contributed by atoms with van der Waals surface area (Å²) in [5.74, 6) is -1.08. The third kappa shape index (κ3) is 5.79. The van der Waals surface area contributed by atoms with Crippen molar-refractivity contribution >= 4 is 23.1 Å². The van der Waals surface area contributed by atoms with E-state index < -0.39 is 28.9 Å². The van der Waals surface area contributed by atoms with Crippen molar-refractivity contribution in [3.8, 4) is 11.8 Å². The van der Waals surface area contributed by atoms with Gasteiger partial charge in [0, 0.05) is 23.4 Å². The molecule has 5 rings (SSSR count). The van der Waals surface area contributed by atoms with Gasteiger partial charge in [0.25, 0.3) is 0 Å². The molecule has 2 aliphatic rings. The average Bonchev–Trinajstić information content (AvgIpc) is 2.92. The van der Waals surface area contributed by atoms with Crippen LogP contribution in [0.25, 0.3) is 0 Å². The molecule has 3 aromatic rings. The number of aryl methyl sites for hydroxylation is 1. The molecule has 44 heavy (non-hydrogen) atoms. The third-order valence-corrected chi connectivity index (χ3v) is 8.42. The summed E-state index contributed by atoms with van der Waals surface area (Å²) < 4.78 is 59.5. The Morgan fingerprint density at radius 2 is 1.77 bits per heavy atom. The Labute approximate surface area is 258 Å². The maximum Gasteiger partial charge on any atom is 0.416 e. The normalized spacial score (nSPS) is 18.3. The summed E-state index contributed by atoms with van der Waals surface area (Å²) in [6.45, 7) is 7.73. The van der Waals surface area contributed by atoms with Gasteiger partial charge in [0.05, 0.1) is 28.1 Å². The molecule has 2 N–H and O–H groups in total. The number of nitrogens with two attached hydrogens (primary N) is 1. The molecule has 0 bridgehead atoms. The zero-order valence-electron chi connectivity index (χ0n) is 24.6. The maximum absolute atomic E-state index is 13.9. The lowest BCUT2D eigenvalue weighted by Crippen LogP contribution is -2.42. The van der Waals surface area contributed by atoms with Crippen LogP contribution in [0.1, 0.15) is 60.4 Å². The highest BCUT2D eigenvalue weighted by Crippen LogP contribution is 2.51. The first kappa shape index (κ1) is 31.1. The molecule has 0 aromatic heterocycles. The van der Waals surface area contributed by atoms with E-state index in [-0.39, 0.29) is 35.2 Å². The lowest BCUT2D eigenvalue weighted by atomic mass is 9.68. The molecule has 1 aliphatic heterocycles. The van der Waals surface area contributed by atoms with Gasteiger partial charge in [0.1, 0.15) is 24.0 Å². The van der Waals surface area contributed by atoms with Crippen molar-refractivity contribution in [2.24, 2.45) is 11.1 Å². The van der Waals surface area contributed by atoms with Gasteiger partial charge in [-0.3, -0.25) is 9.69 Å². The number of alkyl halides is 3. The van der Waals surface area contributed by atoms with Gasteiger partial charge in [0.2, 0.25) is 0 Å². The van der Waals surface area contributed by atoms with Gasteiger partial charge in [-0.25, -0.2) is 4.39 Å². The fourth-order valence-electron chi connectivity index (χ4n) is 6.08. The van der Waals surface area contributed by atoms with E-state index in [9.17, 15) is 27.6 Å². The number of carbonyl (C=O) groups is 1. The van der Waals surface area contributed by atoms with E-state index >= 15 is 0 Å². The van der Waals surface area contributed by atoms with Crippen LogP contribution in [0.4, 0.5) is 23.2 Å². The minimum absolute atomic E-state index is 0.0540. The minimum Gasteiger partial charge on any atom is -0.487 e. The Bertz CT molecular complexity index is 1770. The molecule has 1 unspecified atom stereocenters. The fourth-order valence-corrected chi connectivity index (χ4v) is 6.30. The molecule has 0 fully saturated rings. The second-order valence-corrected chi connectivity index (χ2v) is 12.4. The van der Waals surface area contributed by atoms with Crippen LogP contribution in [0.3, 0.4) is 0 Å². The molecule has 0 amide bonds. The van der Waals surface area contributed by atoms with E-state index in [1.807, 2.05) is 39.8 Å². The maximum atomic E-state index is 13.9. The Kier molecular flexibility index (Phi) is 8.02. The first-order valence-electron chi connectivity index (χ1n) is 13.9. The van der Waals surface area contributed by atoms with Crippen molar-refractivity contribution in [1.82, 2.24) is 0 Å². The molecule has 0 saturated carbocycles. The summed E-state index contributed by atoms with van der Waals surface area (Å²) in [7, 11) is 0.